The maximum atomic E-state index is 12.0. The van der Waals surface area contributed by atoms with Gasteiger partial charge in [-0.25, -0.2) is 9.59 Å². The minimum atomic E-state index is -0.591. The molecule has 0 heterocycles. The number of aryl methyl sites for hydroxylation is 2. The number of fused-ring (bicyclic) bond motifs is 3. The summed E-state index contributed by atoms with van der Waals surface area (Å²) < 4.78 is 19.5. The highest BCUT2D eigenvalue weighted by Crippen LogP contribution is 2.49. The van der Waals surface area contributed by atoms with Crippen LogP contribution >= 0.6 is 0 Å². The fourth-order valence-electron chi connectivity index (χ4n) is 4.70. The fourth-order valence-corrected chi connectivity index (χ4v) is 4.70. The molecule has 0 atom stereocenters. The van der Waals surface area contributed by atoms with Crippen LogP contribution < -0.4 is 0 Å². The Morgan fingerprint density at radius 2 is 1.05 bits per heavy atom. The first kappa shape index (κ1) is 31.3. The van der Waals surface area contributed by atoms with Crippen LogP contribution in [0.1, 0.15) is 75.6 Å². The van der Waals surface area contributed by atoms with E-state index in [1.54, 1.807) is 0 Å². The molecular formula is C33H38O8. The Kier molecular flexibility index (Phi) is 10.6. The number of benzene rings is 2. The van der Waals surface area contributed by atoms with Crippen molar-refractivity contribution in [3.05, 3.63) is 83.0 Å². The summed E-state index contributed by atoms with van der Waals surface area (Å²) in [6.45, 7) is 13.6. The van der Waals surface area contributed by atoms with Crippen LogP contribution in [-0.4, -0.2) is 37.5 Å². The molecule has 8 nitrogen and oxygen atoms in total. The van der Waals surface area contributed by atoms with Crippen LogP contribution in [0.5, 0.6) is 0 Å². The number of ether oxygens (including phenoxy) is 4. The first-order valence-corrected chi connectivity index (χ1v) is 13.6. The molecular weight excluding hydrogens is 524 g/mol. The van der Waals surface area contributed by atoms with Gasteiger partial charge in [0.1, 0.15) is 0 Å². The quantitative estimate of drug-likeness (QED) is 0.160. The van der Waals surface area contributed by atoms with E-state index in [9.17, 15) is 19.2 Å². The molecule has 1 aliphatic carbocycles. The molecule has 0 aromatic heterocycles. The summed E-state index contributed by atoms with van der Waals surface area (Å²) in [7, 11) is 0. The van der Waals surface area contributed by atoms with Gasteiger partial charge in [0.2, 0.25) is 13.6 Å². The summed E-state index contributed by atoms with van der Waals surface area (Å²) in [5.74, 6) is -2.01. The summed E-state index contributed by atoms with van der Waals surface area (Å²) in [5, 5.41) is 0. The summed E-state index contributed by atoms with van der Waals surface area (Å²) in [4.78, 5) is 46.7. The van der Waals surface area contributed by atoms with Gasteiger partial charge in [-0.05, 0) is 72.9 Å². The molecule has 0 N–H and O–H groups in total. The molecule has 8 heteroatoms. The van der Waals surface area contributed by atoms with E-state index in [-0.39, 0.29) is 29.4 Å². The van der Waals surface area contributed by atoms with Gasteiger partial charge in [-0.3, -0.25) is 9.59 Å². The second kappa shape index (κ2) is 13.9. The van der Waals surface area contributed by atoms with Crippen LogP contribution in [0.4, 0.5) is 0 Å². The number of esters is 4. The first-order valence-electron chi connectivity index (χ1n) is 13.6. The topological polar surface area (TPSA) is 105 Å². The molecule has 41 heavy (non-hydrogen) atoms. The molecule has 0 bridgehead atoms. The molecule has 0 aliphatic heterocycles. The summed E-state index contributed by atoms with van der Waals surface area (Å²) >= 11 is 0. The highest BCUT2D eigenvalue weighted by atomic mass is 16.7. The predicted octanol–water partition coefficient (Wildman–Crippen LogP) is 5.88. The zero-order valence-electron chi connectivity index (χ0n) is 24.3. The lowest BCUT2D eigenvalue weighted by Gasteiger charge is -2.22. The molecule has 2 aromatic rings. The number of hydrogen-bond acceptors (Lipinski definition) is 8. The van der Waals surface area contributed by atoms with Gasteiger partial charge in [0.25, 0.3) is 0 Å². The third-order valence-electron chi connectivity index (χ3n) is 7.01. The SMILES string of the molecule is C=C(C)C(=O)OCOC(=O)CCCc1ccc2c(c1)C(C)(C)c1cc(CCCC(=O)OCOC(=O)C(=C)C)ccc1-2. The smallest absolute Gasteiger partial charge is 0.335 e. The Morgan fingerprint density at radius 1 is 0.659 bits per heavy atom. The summed E-state index contributed by atoms with van der Waals surface area (Å²) in [6.07, 6.45) is 3.11. The normalized spacial score (nSPS) is 12.5. The maximum absolute atomic E-state index is 12.0. The maximum Gasteiger partial charge on any atom is 0.335 e. The van der Waals surface area contributed by atoms with Gasteiger partial charge in [-0.2, -0.15) is 0 Å². The number of carbonyl (C=O) groups excluding carboxylic acids is 4. The molecule has 0 amide bonds. The van der Waals surface area contributed by atoms with Crippen LogP contribution in [0.25, 0.3) is 11.1 Å². The Labute approximate surface area is 241 Å². The standard InChI is InChI=1S/C33H38O8/c1-21(2)31(36)40-19-38-29(34)11-7-9-23-13-15-25-26-16-14-24(18-28(26)33(5,6)27(25)17-23)10-8-12-30(35)39-20-41-32(37)22(3)4/h13-18H,1,3,7-12,19-20H2,2,4-6H3. The molecule has 0 saturated carbocycles. The van der Waals surface area contributed by atoms with Crippen molar-refractivity contribution in [1.29, 1.82) is 0 Å². The van der Waals surface area contributed by atoms with E-state index in [0.29, 0.717) is 25.7 Å². The second-order valence-corrected chi connectivity index (χ2v) is 10.8. The van der Waals surface area contributed by atoms with Crippen molar-refractivity contribution < 1.29 is 38.1 Å². The zero-order valence-corrected chi connectivity index (χ0v) is 24.3. The van der Waals surface area contributed by atoms with Crippen LogP contribution in [0, 0.1) is 0 Å². The zero-order chi connectivity index (χ0) is 30.2. The third-order valence-corrected chi connectivity index (χ3v) is 7.01. The highest BCUT2D eigenvalue weighted by molar-refractivity contribution is 5.87. The molecule has 1 aliphatic rings. The number of rotatable bonds is 14. The second-order valence-electron chi connectivity index (χ2n) is 10.8. The van der Waals surface area contributed by atoms with E-state index in [0.717, 1.165) is 11.1 Å². The van der Waals surface area contributed by atoms with E-state index < -0.39 is 37.5 Å². The van der Waals surface area contributed by atoms with E-state index in [4.69, 9.17) is 18.9 Å². The first-order chi connectivity index (χ1) is 19.4. The van der Waals surface area contributed by atoms with Crippen LogP contribution in [0.3, 0.4) is 0 Å². The van der Waals surface area contributed by atoms with Gasteiger partial charge in [-0.1, -0.05) is 63.4 Å². The minimum absolute atomic E-state index is 0.200. The van der Waals surface area contributed by atoms with Crippen molar-refractivity contribution in [2.24, 2.45) is 0 Å². The van der Waals surface area contributed by atoms with E-state index in [1.807, 2.05) is 0 Å². The van der Waals surface area contributed by atoms with E-state index >= 15 is 0 Å². The van der Waals surface area contributed by atoms with Gasteiger partial charge in [-0.15, -0.1) is 0 Å². The lowest BCUT2D eigenvalue weighted by molar-refractivity contribution is -0.166. The average molecular weight is 563 g/mol. The Morgan fingerprint density at radius 3 is 1.41 bits per heavy atom. The van der Waals surface area contributed by atoms with Gasteiger partial charge >= 0.3 is 23.9 Å². The van der Waals surface area contributed by atoms with Crippen molar-refractivity contribution in [1.82, 2.24) is 0 Å². The monoisotopic (exact) mass is 562 g/mol. The lowest BCUT2D eigenvalue weighted by Crippen LogP contribution is -2.16. The Hall–Kier alpha value is -4.20. The van der Waals surface area contributed by atoms with Gasteiger partial charge < -0.3 is 18.9 Å². The largest absolute Gasteiger partial charge is 0.428 e. The molecule has 0 fully saturated rings. The van der Waals surface area contributed by atoms with Gasteiger partial charge in [0, 0.05) is 29.4 Å². The molecule has 0 unspecified atom stereocenters. The van der Waals surface area contributed by atoms with Gasteiger partial charge in [0.15, 0.2) is 0 Å². The molecule has 0 spiro atoms. The molecule has 2 aromatic carbocycles. The van der Waals surface area contributed by atoms with Crippen molar-refractivity contribution >= 4 is 23.9 Å². The molecule has 218 valence electrons. The summed E-state index contributed by atoms with van der Waals surface area (Å²) in [6, 6.07) is 12.9. The van der Waals surface area contributed by atoms with Crippen molar-refractivity contribution in [3.8, 4) is 11.1 Å². The summed E-state index contributed by atoms with van der Waals surface area (Å²) in [5.41, 5.74) is 7.45. The Balaban J connectivity index is 1.51. The van der Waals surface area contributed by atoms with E-state index in [1.165, 1.54) is 36.1 Å². The minimum Gasteiger partial charge on any atom is -0.428 e. The average Bonchev–Trinajstić information content (AvgIpc) is 3.14. The predicted molar refractivity (Wildman–Crippen MR) is 154 cm³/mol. The molecule has 3 rings (SSSR count). The lowest BCUT2D eigenvalue weighted by atomic mass is 9.81. The van der Waals surface area contributed by atoms with Crippen LogP contribution in [0.15, 0.2) is 60.7 Å². The van der Waals surface area contributed by atoms with Crippen molar-refractivity contribution in [2.45, 2.75) is 71.6 Å². The van der Waals surface area contributed by atoms with Crippen molar-refractivity contribution in [3.63, 3.8) is 0 Å². The Bertz CT molecular complexity index is 1250. The highest BCUT2D eigenvalue weighted by Gasteiger charge is 2.35. The molecule has 0 radical (unpaired) electrons. The van der Waals surface area contributed by atoms with Gasteiger partial charge in [0.05, 0.1) is 0 Å². The van der Waals surface area contributed by atoms with Crippen LogP contribution in [-0.2, 0) is 56.4 Å². The molecule has 0 saturated heterocycles. The number of carbonyl (C=O) groups is 4. The van der Waals surface area contributed by atoms with E-state index in [2.05, 4.69) is 63.4 Å². The van der Waals surface area contributed by atoms with Crippen LogP contribution in [0.2, 0.25) is 0 Å². The van der Waals surface area contributed by atoms with Crippen molar-refractivity contribution in [2.75, 3.05) is 13.6 Å². The number of hydrogen-bond donors (Lipinski definition) is 0. The third kappa shape index (κ3) is 8.39. The fraction of sp³-hybridized carbons (Fsp3) is 0.394.